The van der Waals surface area contributed by atoms with Crippen LogP contribution in [0.4, 0.5) is 0 Å². The van der Waals surface area contributed by atoms with Crippen molar-refractivity contribution in [2.75, 3.05) is 20.1 Å². The highest BCUT2D eigenvalue weighted by molar-refractivity contribution is 7.88. The lowest BCUT2D eigenvalue weighted by Gasteiger charge is -2.16. The number of nitrogens with one attached hydrogen (secondary N) is 1. The van der Waals surface area contributed by atoms with Crippen LogP contribution in [-0.2, 0) is 20.6 Å². The maximum absolute atomic E-state index is 12.1. The quantitative estimate of drug-likeness (QED) is 0.808. The Kier molecular flexibility index (Phi) is 6.34. The van der Waals surface area contributed by atoms with Gasteiger partial charge in [0.25, 0.3) is 0 Å². The molecule has 0 aromatic heterocycles. The van der Waals surface area contributed by atoms with E-state index in [-0.39, 0.29) is 18.2 Å². The van der Waals surface area contributed by atoms with E-state index in [0.29, 0.717) is 17.7 Å². The number of hydrogen-bond donors (Lipinski definition) is 1. The van der Waals surface area contributed by atoms with E-state index in [4.69, 9.17) is 5.26 Å². The number of benzene rings is 1. The molecule has 0 saturated carbocycles. The van der Waals surface area contributed by atoms with Crippen molar-refractivity contribution in [3.05, 3.63) is 35.4 Å². The summed E-state index contributed by atoms with van der Waals surface area (Å²) in [6.45, 7) is 2.26. The summed E-state index contributed by atoms with van der Waals surface area (Å²) in [6, 6.07) is 8.31. The molecule has 1 aromatic carbocycles. The van der Waals surface area contributed by atoms with Gasteiger partial charge in [0.05, 0.1) is 23.9 Å². The Balaban J connectivity index is 2.67. The van der Waals surface area contributed by atoms with Crippen molar-refractivity contribution in [1.82, 2.24) is 9.62 Å². The van der Waals surface area contributed by atoms with E-state index in [9.17, 15) is 13.2 Å². The van der Waals surface area contributed by atoms with Gasteiger partial charge in [-0.15, -0.1) is 0 Å². The van der Waals surface area contributed by atoms with Gasteiger partial charge in [0.2, 0.25) is 15.9 Å². The summed E-state index contributed by atoms with van der Waals surface area (Å²) < 4.78 is 25.3. The maximum atomic E-state index is 12.1. The van der Waals surface area contributed by atoms with Gasteiger partial charge < -0.3 is 5.32 Å². The standard InChI is InChI=1S/C14H19N3O3S/c1-3-8-16-14(18)10-17(2)21(19,20)11-13-6-4-12(9-15)5-7-13/h4-7H,3,8,10-11H2,1-2H3,(H,16,18). The minimum absolute atomic E-state index is 0.196. The molecule has 0 atom stereocenters. The van der Waals surface area contributed by atoms with Crippen molar-refractivity contribution < 1.29 is 13.2 Å². The van der Waals surface area contributed by atoms with Gasteiger partial charge in [0.15, 0.2) is 0 Å². The number of amides is 1. The van der Waals surface area contributed by atoms with Gasteiger partial charge in [-0.25, -0.2) is 8.42 Å². The molecule has 0 heterocycles. The number of likely N-dealkylation sites (N-methyl/N-ethyl adjacent to an activating group) is 1. The van der Waals surface area contributed by atoms with Crippen LogP contribution in [-0.4, -0.2) is 38.8 Å². The molecule has 6 nitrogen and oxygen atoms in total. The average Bonchev–Trinajstić information content (AvgIpc) is 2.45. The van der Waals surface area contributed by atoms with Gasteiger partial charge in [0, 0.05) is 13.6 Å². The molecule has 0 aliphatic rings. The van der Waals surface area contributed by atoms with Crippen molar-refractivity contribution in [3.63, 3.8) is 0 Å². The Hall–Kier alpha value is -1.91. The molecule has 0 spiro atoms. The smallest absolute Gasteiger partial charge is 0.235 e. The van der Waals surface area contributed by atoms with Crippen molar-refractivity contribution in [3.8, 4) is 6.07 Å². The zero-order chi connectivity index (χ0) is 15.9. The largest absolute Gasteiger partial charge is 0.355 e. The predicted molar refractivity (Wildman–Crippen MR) is 79.7 cm³/mol. The van der Waals surface area contributed by atoms with Gasteiger partial charge in [-0.2, -0.15) is 9.57 Å². The summed E-state index contributed by atoms with van der Waals surface area (Å²) in [6.07, 6.45) is 0.799. The summed E-state index contributed by atoms with van der Waals surface area (Å²) in [5, 5.41) is 11.3. The second-order valence-electron chi connectivity index (χ2n) is 4.67. The Morgan fingerprint density at radius 3 is 2.48 bits per heavy atom. The lowest BCUT2D eigenvalue weighted by atomic mass is 10.2. The normalized spacial score (nSPS) is 11.1. The highest BCUT2D eigenvalue weighted by atomic mass is 32.2. The fourth-order valence-corrected chi connectivity index (χ4v) is 2.77. The minimum atomic E-state index is -3.56. The molecule has 0 bridgehead atoms. The van der Waals surface area contributed by atoms with Crippen LogP contribution in [0.25, 0.3) is 0 Å². The molecule has 1 aromatic rings. The van der Waals surface area contributed by atoms with Crippen LogP contribution in [0.1, 0.15) is 24.5 Å². The molecule has 0 aliphatic heterocycles. The Morgan fingerprint density at radius 1 is 1.33 bits per heavy atom. The molecule has 0 aliphatic carbocycles. The number of carbonyl (C=O) groups excluding carboxylic acids is 1. The van der Waals surface area contributed by atoms with E-state index in [2.05, 4.69) is 5.32 Å². The maximum Gasteiger partial charge on any atom is 0.235 e. The first kappa shape index (κ1) is 17.1. The molecule has 0 fully saturated rings. The van der Waals surface area contributed by atoms with E-state index in [1.807, 2.05) is 13.0 Å². The molecular weight excluding hydrogens is 290 g/mol. The molecule has 1 N–H and O–H groups in total. The predicted octanol–water partition coefficient (Wildman–Crippen LogP) is 0.846. The Bertz CT molecular complexity index is 618. The van der Waals surface area contributed by atoms with E-state index >= 15 is 0 Å². The molecule has 0 saturated heterocycles. The van der Waals surface area contributed by atoms with Crippen LogP contribution >= 0.6 is 0 Å². The van der Waals surface area contributed by atoms with Crippen LogP contribution in [0.2, 0.25) is 0 Å². The third kappa shape index (κ3) is 5.53. The zero-order valence-corrected chi connectivity index (χ0v) is 13.0. The number of hydrogen-bond acceptors (Lipinski definition) is 4. The first-order valence-electron chi connectivity index (χ1n) is 6.58. The van der Waals surface area contributed by atoms with E-state index in [1.165, 1.54) is 7.05 Å². The van der Waals surface area contributed by atoms with Gasteiger partial charge in [0.1, 0.15) is 0 Å². The topological polar surface area (TPSA) is 90.3 Å². The third-order valence-corrected chi connectivity index (χ3v) is 4.62. The van der Waals surface area contributed by atoms with Gasteiger partial charge in [-0.1, -0.05) is 19.1 Å². The summed E-state index contributed by atoms with van der Waals surface area (Å²) in [4.78, 5) is 11.5. The van der Waals surface area contributed by atoms with Crippen LogP contribution in [0, 0.1) is 11.3 Å². The van der Waals surface area contributed by atoms with Crippen molar-refractivity contribution >= 4 is 15.9 Å². The van der Waals surface area contributed by atoms with Gasteiger partial charge in [-0.3, -0.25) is 4.79 Å². The summed E-state index contributed by atoms with van der Waals surface area (Å²) in [5.74, 6) is -0.515. The lowest BCUT2D eigenvalue weighted by Crippen LogP contribution is -2.39. The highest BCUT2D eigenvalue weighted by Gasteiger charge is 2.20. The van der Waals surface area contributed by atoms with Gasteiger partial charge in [-0.05, 0) is 24.1 Å². The third-order valence-electron chi connectivity index (χ3n) is 2.85. The highest BCUT2D eigenvalue weighted by Crippen LogP contribution is 2.10. The second kappa shape index (κ2) is 7.76. The monoisotopic (exact) mass is 309 g/mol. The van der Waals surface area contributed by atoms with Crippen molar-refractivity contribution in [2.45, 2.75) is 19.1 Å². The average molecular weight is 309 g/mol. The molecule has 7 heteroatoms. The van der Waals surface area contributed by atoms with E-state index < -0.39 is 10.0 Å². The molecular formula is C14H19N3O3S. The summed E-state index contributed by atoms with van der Waals surface area (Å²) in [7, 11) is -2.18. The van der Waals surface area contributed by atoms with Crippen molar-refractivity contribution in [1.29, 1.82) is 5.26 Å². The van der Waals surface area contributed by atoms with E-state index in [0.717, 1.165) is 10.7 Å². The molecule has 0 unspecified atom stereocenters. The summed E-state index contributed by atoms with van der Waals surface area (Å²) in [5.41, 5.74) is 1.05. The number of carbonyl (C=O) groups is 1. The Labute approximate surface area is 125 Å². The van der Waals surface area contributed by atoms with Crippen LogP contribution in [0.5, 0.6) is 0 Å². The fraction of sp³-hybridized carbons (Fsp3) is 0.429. The van der Waals surface area contributed by atoms with Crippen LogP contribution in [0.3, 0.4) is 0 Å². The first-order valence-corrected chi connectivity index (χ1v) is 8.19. The first-order chi connectivity index (χ1) is 9.89. The second-order valence-corrected chi connectivity index (χ2v) is 6.75. The lowest BCUT2D eigenvalue weighted by molar-refractivity contribution is -0.121. The zero-order valence-electron chi connectivity index (χ0n) is 12.2. The molecule has 1 amide bonds. The fourth-order valence-electron chi connectivity index (χ4n) is 1.62. The molecule has 21 heavy (non-hydrogen) atoms. The number of nitrogens with zero attached hydrogens (tertiary/aromatic N) is 2. The summed E-state index contributed by atoms with van der Waals surface area (Å²) >= 11 is 0. The van der Waals surface area contributed by atoms with Crippen molar-refractivity contribution in [2.24, 2.45) is 0 Å². The van der Waals surface area contributed by atoms with Gasteiger partial charge >= 0.3 is 0 Å². The SMILES string of the molecule is CCCNC(=O)CN(C)S(=O)(=O)Cc1ccc(C#N)cc1. The van der Waals surface area contributed by atoms with Crippen LogP contribution in [0.15, 0.2) is 24.3 Å². The van der Waals surface area contributed by atoms with E-state index in [1.54, 1.807) is 24.3 Å². The molecule has 0 radical (unpaired) electrons. The van der Waals surface area contributed by atoms with Crippen LogP contribution < -0.4 is 5.32 Å². The number of nitriles is 1. The number of rotatable bonds is 7. The number of sulfonamides is 1. The Morgan fingerprint density at radius 2 is 1.95 bits per heavy atom. The minimum Gasteiger partial charge on any atom is -0.355 e. The molecule has 1 rings (SSSR count). The molecule has 114 valence electrons.